The summed E-state index contributed by atoms with van der Waals surface area (Å²) in [6, 6.07) is 17.6. The quantitative estimate of drug-likeness (QED) is 0.291. The molecule has 1 aliphatic carbocycles. The molecule has 0 unspecified atom stereocenters. The van der Waals surface area contributed by atoms with Crippen molar-refractivity contribution in [1.29, 1.82) is 0 Å². The number of rotatable bonds is 10. The minimum atomic E-state index is -4.18. The van der Waals surface area contributed by atoms with Crippen molar-refractivity contribution in [3.05, 3.63) is 93.5 Å². The fourth-order valence-electron chi connectivity index (χ4n) is 5.02. The highest BCUT2D eigenvalue weighted by molar-refractivity contribution is 7.92. The van der Waals surface area contributed by atoms with Crippen molar-refractivity contribution in [3.8, 4) is 0 Å². The zero-order valence-electron chi connectivity index (χ0n) is 23.4. The second-order valence-electron chi connectivity index (χ2n) is 10.5. The Labute approximate surface area is 252 Å². The van der Waals surface area contributed by atoms with Crippen LogP contribution in [-0.2, 0) is 26.2 Å². The number of sulfonamides is 1. The Morgan fingerprint density at radius 1 is 0.976 bits per heavy atom. The lowest BCUT2D eigenvalue weighted by molar-refractivity contribution is -0.139. The van der Waals surface area contributed by atoms with Gasteiger partial charge in [-0.05, 0) is 81.1 Å². The Kier molecular flexibility index (Phi) is 10.00. The van der Waals surface area contributed by atoms with E-state index in [0.717, 1.165) is 41.1 Å². The van der Waals surface area contributed by atoms with Gasteiger partial charge in [0, 0.05) is 22.6 Å². The molecule has 1 atom stereocenters. The molecule has 1 fully saturated rings. The second-order valence-corrected chi connectivity index (χ2v) is 13.2. The average Bonchev–Trinajstić information content (AvgIpc) is 3.45. The first-order valence-corrected chi connectivity index (χ1v) is 15.9. The summed E-state index contributed by atoms with van der Waals surface area (Å²) in [7, 11) is -4.18. The monoisotopic (exact) mass is 615 g/mol. The molecule has 1 N–H and O–H groups in total. The molecular formula is C31H35Cl2N3O4S. The third-order valence-electron chi connectivity index (χ3n) is 7.51. The van der Waals surface area contributed by atoms with Crippen LogP contribution in [-0.4, -0.2) is 43.8 Å². The molecule has 4 rings (SSSR count). The van der Waals surface area contributed by atoms with E-state index in [1.54, 1.807) is 62.4 Å². The Morgan fingerprint density at radius 2 is 1.63 bits per heavy atom. The number of carbonyl (C=O) groups excluding carboxylic acids is 2. The number of aryl methyl sites for hydroxylation is 1. The Morgan fingerprint density at radius 3 is 2.29 bits per heavy atom. The zero-order chi connectivity index (χ0) is 29.7. The zero-order valence-corrected chi connectivity index (χ0v) is 25.8. The molecule has 1 saturated carbocycles. The number of benzene rings is 3. The van der Waals surface area contributed by atoms with Crippen molar-refractivity contribution in [1.82, 2.24) is 10.2 Å². The van der Waals surface area contributed by atoms with Crippen LogP contribution < -0.4 is 9.62 Å². The average molecular weight is 617 g/mol. The van der Waals surface area contributed by atoms with E-state index in [4.69, 9.17) is 23.2 Å². The normalized spacial score (nSPS) is 14.5. The molecule has 0 aromatic heterocycles. The van der Waals surface area contributed by atoms with Gasteiger partial charge in [0.05, 0.1) is 10.6 Å². The number of hydrogen-bond donors (Lipinski definition) is 1. The van der Waals surface area contributed by atoms with Crippen LogP contribution in [0.2, 0.25) is 10.0 Å². The second kappa shape index (κ2) is 13.3. The van der Waals surface area contributed by atoms with Crippen LogP contribution in [0.25, 0.3) is 0 Å². The minimum absolute atomic E-state index is 0.0451. The molecule has 2 amide bonds. The number of anilines is 1. The van der Waals surface area contributed by atoms with Gasteiger partial charge < -0.3 is 10.2 Å². The lowest BCUT2D eigenvalue weighted by Gasteiger charge is -2.33. The van der Waals surface area contributed by atoms with Crippen LogP contribution in [0.1, 0.15) is 49.3 Å². The summed E-state index contributed by atoms with van der Waals surface area (Å²) < 4.78 is 29.1. The number of halogens is 2. The molecule has 10 heteroatoms. The van der Waals surface area contributed by atoms with Gasteiger partial charge in [0.25, 0.3) is 10.0 Å². The van der Waals surface area contributed by atoms with Gasteiger partial charge in [-0.25, -0.2) is 8.42 Å². The summed E-state index contributed by atoms with van der Waals surface area (Å²) in [5.74, 6) is -0.812. The van der Waals surface area contributed by atoms with E-state index >= 15 is 0 Å². The van der Waals surface area contributed by atoms with Crippen molar-refractivity contribution >= 4 is 50.7 Å². The SMILES string of the molecule is Cc1ccc(S(=O)(=O)N(CC(=O)N(Cc2cccc(Cl)c2)[C@@H](C)C(=O)NC2CCCC2)c2cccc(Cl)c2C)cc1. The molecule has 218 valence electrons. The molecule has 1 aliphatic rings. The molecule has 0 aliphatic heterocycles. The first-order valence-electron chi connectivity index (χ1n) is 13.7. The summed E-state index contributed by atoms with van der Waals surface area (Å²) >= 11 is 12.6. The van der Waals surface area contributed by atoms with Gasteiger partial charge in [-0.1, -0.05) is 71.9 Å². The van der Waals surface area contributed by atoms with E-state index in [2.05, 4.69) is 5.32 Å². The van der Waals surface area contributed by atoms with E-state index < -0.39 is 28.5 Å². The van der Waals surface area contributed by atoms with E-state index in [-0.39, 0.29) is 29.1 Å². The van der Waals surface area contributed by atoms with Gasteiger partial charge >= 0.3 is 0 Å². The summed E-state index contributed by atoms with van der Waals surface area (Å²) in [6.45, 7) is 4.78. The van der Waals surface area contributed by atoms with Gasteiger partial charge in [0.2, 0.25) is 11.8 Å². The van der Waals surface area contributed by atoms with Crippen molar-refractivity contribution in [2.24, 2.45) is 0 Å². The lowest BCUT2D eigenvalue weighted by Crippen LogP contribution is -2.52. The van der Waals surface area contributed by atoms with Crippen LogP contribution in [0.3, 0.4) is 0 Å². The molecular weight excluding hydrogens is 581 g/mol. The van der Waals surface area contributed by atoms with Gasteiger partial charge in [-0.2, -0.15) is 0 Å². The molecule has 3 aromatic rings. The first-order chi connectivity index (χ1) is 19.5. The minimum Gasteiger partial charge on any atom is -0.352 e. The highest BCUT2D eigenvalue weighted by Crippen LogP contribution is 2.31. The van der Waals surface area contributed by atoms with Crippen molar-refractivity contribution in [3.63, 3.8) is 0 Å². The summed E-state index contributed by atoms with van der Waals surface area (Å²) in [5, 5.41) is 3.94. The molecule has 0 heterocycles. The molecule has 0 saturated heterocycles. The molecule has 0 radical (unpaired) electrons. The largest absolute Gasteiger partial charge is 0.352 e. The highest BCUT2D eigenvalue weighted by atomic mass is 35.5. The van der Waals surface area contributed by atoms with E-state index in [1.807, 2.05) is 13.0 Å². The van der Waals surface area contributed by atoms with E-state index in [1.165, 1.54) is 17.0 Å². The predicted molar refractivity (Wildman–Crippen MR) is 164 cm³/mol. The van der Waals surface area contributed by atoms with Crippen molar-refractivity contribution in [2.45, 2.75) is 70.0 Å². The third-order valence-corrected chi connectivity index (χ3v) is 9.92. The van der Waals surface area contributed by atoms with Gasteiger partial charge in [0.1, 0.15) is 12.6 Å². The maximum absolute atomic E-state index is 14.1. The fraction of sp³-hybridized carbons (Fsp3) is 0.355. The Bertz CT molecular complexity index is 1510. The topological polar surface area (TPSA) is 86.8 Å². The van der Waals surface area contributed by atoms with Crippen LogP contribution in [0.15, 0.2) is 71.6 Å². The van der Waals surface area contributed by atoms with Crippen molar-refractivity contribution < 1.29 is 18.0 Å². The van der Waals surface area contributed by atoms with Crippen molar-refractivity contribution in [2.75, 3.05) is 10.8 Å². The van der Waals surface area contributed by atoms with Gasteiger partial charge in [-0.3, -0.25) is 13.9 Å². The standard InChI is InChI=1S/C31H35Cl2N3O4S/c1-21-14-16-27(17-15-21)41(39,40)36(29-13-7-12-28(33)22(29)2)20-30(37)35(19-24-8-6-9-25(32)18-24)23(3)31(38)34-26-10-4-5-11-26/h6-9,12-18,23,26H,4-5,10-11,19-20H2,1-3H3,(H,34,38)/t23-/m0/s1. The first kappa shape index (κ1) is 30.9. The summed E-state index contributed by atoms with van der Waals surface area (Å²) in [4.78, 5) is 28.9. The van der Waals surface area contributed by atoms with Crippen LogP contribution in [0.4, 0.5) is 5.69 Å². The van der Waals surface area contributed by atoms with E-state index in [0.29, 0.717) is 15.6 Å². The highest BCUT2D eigenvalue weighted by Gasteiger charge is 2.34. The smallest absolute Gasteiger partial charge is 0.264 e. The van der Waals surface area contributed by atoms with E-state index in [9.17, 15) is 18.0 Å². The predicted octanol–water partition coefficient (Wildman–Crippen LogP) is 6.28. The summed E-state index contributed by atoms with van der Waals surface area (Å²) in [5.41, 5.74) is 2.43. The van der Waals surface area contributed by atoms with Crippen LogP contribution >= 0.6 is 23.2 Å². The third kappa shape index (κ3) is 7.42. The number of carbonyl (C=O) groups is 2. The van der Waals surface area contributed by atoms with Crippen LogP contribution in [0.5, 0.6) is 0 Å². The fourth-order valence-corrected chi connectivity index (χ4v) is 6.88. The van der Waals surface area contributed by atoms with Gasteiger partial charge in [-0.15, -0.1) is 0 Å². The molecule has 0 spiro atoms. The molecule has 3 aromatic carbocycles. The summed E-state index contributed by atoms with van der Waals surface area (Å²) in [6.07, 6.45) is 3.90. The Hall–Kier alpha value is -3.07. The number of amides is 2. The maximum Gasteiger partial charge on any atom is 0.264 e. The van der Waals surface area contributed by atoms with Gasteiger partial charge in [0.15, 0.2) is 0 Å². The number of nitrogens with zero attached hydrogens (tertiary/aromatic N) is 2. The molecule has 7 nitrogen and oxygen atoms in total. The lowest BCUT2D eigenvalue weighted by atomic mass is 10.1. The number of hydrogen-bond acceptors (Lipinski definition) is 4. The van der Waals surface area contributed by atoms with Crippen LogP contribution in [0, 0.1) is 13.8 Å². The number of nitrogens with one attached hydrogen (secondary N) is 1. The maximum atomic E-state index is 14.1. The Balaban J connectivity index is 1.72. The molecule has 41 heavy (non-hydrogen) atoms. The molecule has 0 bridgehead atoms.